The number of hydrogen-bond acceptors (Lipinski definition) is 3. The average Bonchev–Trinajstić information content (AvgIpc) is 2.41. The number of benzene rings is 1. The van der Waals surface area contributed by atoms with Gasteiger partial charge in [-0.2, -0.15) is 0 Å². The minimum atomic E-state index is -0.962. The van der Waals surface area contributed by atoms with Gasteiger partial charge in [0.2, 0.25) is 5.91 Å². The number of hydrogen-bond donors (Lipinski definition) is 1. The van der Waals surface area contributed by atoms with E-state index in [1.165, 1.54) is 4.90 Å². The number of rotatable bonds is 5. The predicted octanol–water partition coefficient (Wildman–Crippen LogP) is 3.20. The van der Waals surface area contributed by atoms with Crippen molar-refractivity contribution in [3.63, 3.8) is 0 Å². The first kappa shape index (κ1) is 19.0. The van der Waals surface area contributed by atoms with Crippen LogP contribution in [0.3, 0.4) is 0 Å². The smallest absolute Gasteiger partial charge is 0.405 e. The van der Waals surface area contributed by atoms with E-state index >= 15 is 0 Å². The Kier molecular flexibility index (Phi) is 5.81. The van der Waals surface area contributed by atoms with Gasteiger partial charge in [0.25, 0.3) is 0 Å². The Labute approximate surface area is 138 Å². The molecular weight excluding hydrogens is 292 g/mol. The molecule has 1 unspecified atom stereocenters. The molecular formula is C18H28N2O3. The molecule has 128 valence electrons. The van der Waals surface area contributed by atoms with E-state index < -0.39 is 17.1 Å². The van der Waals surface area contributed by atoms with Gasteiger partial charge < -0.3 is 15.4 Å². The summed E-state index contributed by atoms with van der Waals surface area (Å²) in [5, 5.41) is 0. The summed E-state index contributed by atoms with van der Waals surface area (Å²) in [4.78, 5) is 25.2. The highest BCUT2D eigenvalue weighted by molar-refractivity contribution is 5.75. The van der Waals surface area contributed by atoms with Crippen molar-refractivity contribution in [2.75, 3.05) is 14.1 Å². The zero-order chi connectivity index (χ0) is 17.8. The third-order valence-electron chi connectivity index (χ3n) is 4.16. The lowest BCUT2D eigenvalue weighted by Crippen LogP contribution is -2.46. The zero-order valence-corrected chi connectivity index (χ0v) is 15.0. The van der Waals surface area contributed by atoms with E-state index in [9.17, 15) is 9.59 Å². The van der Waals surface area contributed by atoms with E-state index in [-0.39, 0.29) is 12.3 Å². The van der Waals surface area contributed by atoms with E-state index in [1.807, 2.05) is 52.0 Å². The molecule has 0 aliphatic heterocycles. The molecule has 0 heterocycles. The van der Waals surface area contributed by atoms with Crippen molar-refractivity contribution in [3.8, 4) is 0 Å². The number of nitrogens with two attached hydrogens (primary N) is 1. The Balaban J connectivity index is 3.36. The lowest BCUT2D eigenvalue weighted by molar-refractivity contribution is -0.132. The van der Waals surface area contributed by atoms with Crippen molar-refractivity contribution in [1.29, 1.82) is 0 Å². The molecule has 23 heavy (non-hydrogen) atoms. The molecule has 0 aliphatic carbocycles. The Bertz CT molecular complexity index is 576. The first-order valence-electron chi connectivity index (χ1n) is 7.75. The molecule has 2 N–H and O–H groups in total. The summed E-state index contributed by atoms with van der Waals surface area (Å²) in [7, 11) is 3.42. The number of carbonyl (C=O) groups excluding carboxylic acids is 2. The Hall–Kier alpha value is -2.04. The second-order valence-corrected chi connectivity index (χ2v) is 7.16. The van der Waals surface area contributed by atoms with Gasteiger partial charge in [-0.25, -0.2) is 4.79 Å². The fourth-order valence-electron chi connectivity index (χ4n) is 2.79. The number of carbonyl (C=O) groups is 2. The lowest BCUT2D eigenvalue weighted by Gasteiger charge is -2.44. The van der Waals surface area contributed by atoms with Crippen molar-refractivity contribution >= 4 is 12.0 Å². The van der Waals surface area contributed by atoms with Crippen LogP contribution in [-0.4, -0.2) is 31.0 Å². The highest BCUT2D eigenvalue weighted by atomic mass is 16.6. The van der Waals surface area contributed by atoms with Crippen molar-refractivity contribution in [2.45, 2.75) is 46.1 Å². The molecule has 0 spiro atoms. The lowest BCUT2D eigenvalue weighted by atomic mass is 9.69. The Morgan fingerprint density at radius 3 is 2.26 bits per heavy atom. The van der Waals surface area contributed by atoms with Crippen LogP contribution in [0.1, 0.15) is 44.7 Å². The van der Waals surface area contributed by atoms with E-state index in [0.717, 1.165) is 11.1 Å². The van der Waals surface area contributed by atoms with Crippen molar-refractivity contribution in [3.05, 3.63) is 35.4 Å². The highest BCUT2D eigenvalue weighted by Gasteiger charge is 2.47. The SMILES string of the molecule is Cc1cccc(C(CCC(=O)N(C)C)(OC(N)=O)C(C)(C)C)c1. The van der Waals surface area contributed by atoms with Crippen LogP contribution < -0.4 is 5.73 Å². The molecule has 2 amide bonds. The fraction of sp³-hybridized carbons (Fsp3) is 0.556. The summed E-state index contributed by atoms with van der Waals surface area (Å²) in [6.07, 6.45) is -0.190. The van der Waals surface area contributed by atoms with Crippen LogP contribution in [0.2, 0.25) is 0 Å². The second kappa shape index (κ2) is 7.02. The molecule has 0 radical (unpaired) electrons. The minimum absolute atomic E-state index is 0.0145. The van der Waals surface area contributed by atoms with Gasteiger partial charge in [0, 0.05) is 32.4 Å². The summed E-state index contributed by atoms with van der Waals surface area (Å²) in [6.45, 7) is 7.93. The summed E-state index contributed by atoms with van der Waals surface area (Å²) in [6, 6.07) is 7.80. The van der Waals surface area contributed by atoms with Crippen LogP contribution >= 0.6 is 0 Å². The first-order chi connectivity index (χ1) is 10.5. The van der Waals surface area contributed by atoms with E-state index in [4.69, 9.17) is 10.5 Å². The van der Waals surface area contributed by atoms with Crippen molar-refractivity contribution in [1.82, 2.24) is 4.90 Å². The predicted molar refractivity (Wildman–Crippen MR) is 90.9 cm³/mol. The first-order valence-corrected chi connectivity index (χ1v) is 7.75. The molecule has 1 aromatic rings. The molecule has 0 aromatic heterocycles. The Morgan fingerprint density at radius 1 is 1.22 bits per heavy atom. The molecule has 0 saturated heterocycles. The van der Waals surface area contributed by atoms with Crippen molar-refractivity contribution in [2.24, 2.45) is 11.1 Å². The summed E-state index contributed by atoms with van der Waals surface area (Å²) in [5.74, 6) is -0.0145. The van der Waals surface area contributed by atoms with Gasteiger partial charge in [-0.05, 0) is 12.5 Å². The quantitative estimate of drug-likeness (QED) is 0.905. The van der Waals surface area contributed by atoms with Crippen LogP contribution in [-0.2, 0) is 15.1 Å². The standard InChI is InChI=1S/C18H28N2O3/c1-13-8-7-9-14(12-13)18(17(2,3)4,23-16(19)22)11-10-15(21)20(5)6/h7-9,12H,10-11H2,1-6H3,(H2,19,22). The maximum Gasteiger partial charge on any atom is 0.405 e. The molecule has 1 aromatic carbocycles. The molecule has 1 atom stereocenters. The fourth-order valence-corrected chi connectivity index (χ4v) is 2.79. The number of primary amides is 1. The molecule has 1 rings (SSSR count). The molecule has 0 bridgehead atoms. The third kappa shape index (κ3) is 4.47. The molecule has 0 aliphatic rings. The van der Waals surface area contributed by atoms with Crippen LogP contribution in [0.25, 0.3) is 0 Å². The Morgan fingerprint density at radius 2 is 1.83 bits per heavy atom. The van der Waals surface area contributed by atoms with Gasteiger partial charge in [-0.3, -0.25) is 4.79 Å². The largest absolute Gasteiger partial charge is 0.438 e. The van der Waals surface area contributed by atoms with E-state index in [0.29, 0.717) is 6.42 Å². The van der Waals surface area contributed by atoms with Gasteiger partial charge in [0.15, 0.2) is 0 Å². The molecule has 0 saturated carbocycles. The van der Waals surface area contributed by atoms with Crippen LogP contribution in [0, 0.1) is 12.3 Å². The average molecular weight is 320 g/mol. The van der Waals surface area contributed by atoms with Crippen LogP contribution in [0.15, 0.2) is 24.3 Å². The topological polar surface area (TPSA) is 72.6 Å². The summed E-state index contributed by atoms with van der Waals surface area (Å²) >= 11 is 0. The monoisotopic (exact) mass is 320 g/mol. The second-order valence-electron chi connectivity index (χ2n) is 7.16. The normalized spacial score (nSPS) is 14.0. The summed E-state index contributed by atoms with van der Waals surface area (Å²) in [5.41, 5.74) is 5.89. The van der Waals surface area contributed by atoms with Gasteiger partial charge in [0.1, 0.15) is 5.60 Å². The molecule has 0 fully saturated rings. The highest BCUT2D eigenvalue weighted by Crippen LogP contribution is 2.46. The van der Waals surface area contributed by atoms with Crippen LogP contribution in [0.4, 0.5) is 4.79 Å². The third-order valence-corrected chi connectivity index (χ3v) is 4.16. The van der Waals surface area contributed by atoms with Crippen LogP contribution in [0.5, 0.6) is 0 Å². The summed E-state index contributed by atoms with van der Waals surface area (Å²) < 4.78 is 5.64. The van der Waals surface area contributed by atoms with Gasteiger partial charge in [-0.15, -0.1) is 0 Å². The van der Waals surface area contributed by atoms with Gasteiger partial charge in [0.05, 0.1) is 0 Å². The number of nitrogens with zero attached hydrogens (tertiary/aromatic N) is 1. The minimum Gasteiger partial charge on any atom is -0.438 e. The number of amides is 2. The van der Waals surface area contributed by atoms with E-state index in [2.05, 4.69) is 0 Å². The number of aryl methyl sites for hydroxylation is 1. The molecule has 5 heteroatoms. The number of ether oxygens (including phenoxy) is 1. The van der Waals surface area contributed by atoms with Crippen molar-refractivity contribution < 1.29 is 14.3 Å². The zero-order valence-electron chi connectivity index (χ0n) is 15.0. The molecule has 5 nitrogen and oxygen atoms in total. The van der Waals surface area contributed by atoms with Gasteiger partial charge >= 0.3 is 6.09 Å². The van der Waals surface area contributed by atoms with Gasteiger partial charge in [-0.1, -0.05) is 50.6 Å². The van der Waals surface area contributed by atoms with E-state index in [1.54, 1.807) is 14.1 Å². The maximum absolute atomic E-state index is 12.1. The maximum atomic E-state index is 12.1.